The molecule has 4 aromatic rings. The van der Waals surface area contributed by atoms with E-state index < -0.39 is 6.10 Å². The summed E-state index contributed by atoms with van der Waals surface area (Å²) >= 11 is 6.15. The van der Waals surface area contributed by atoms with Gasteiger partial charge in [-0.3, -0.25) is 4.79 Å². The summed E-state index contributed by atoms with van der Waals surface area (Å²) in [7, 11) is 0. The van der Waals surface area contributed by atoms with Gasteiger partial charge in [-0.15, -0.1) is 0 Å². The molecule has 1 aromatic heterocycles. The third-order valence-electron chi connectivity index (χ3n) is 5.96. The first-order valence-corrected chi connectivity index (χ1v) is 11.4. The molecular weight excluding hydrogens is 457 g/mol. The summed E-state index contributed by atoms with van der Waals surface area (Å²) < 4.78 is 21.4. The second-order valence-electron chi connectivity index (χ2n) is 8.35. The molecule has 0 bridgehead atoms. The van der Waals surface area contributed by atoms with E-state index in [2.05, 4.69) is 0 Å². The van der Waals surface area contributed by atoms with Gasteiger partial charge in [0.15, 0.2) is 0 Å². The first kappa shape index (κ1) is 22.4. The predicted molar refractivity (Wildman–Crippen MR) is 129 cm³/mol. The van der Waals surface area contributed by atoms with Gasteiger partial charge in [0.2, 0.25) is 5.91 Å². The van der Waals surface area contributed by atoms with Crippen molar-refractivity contribution in [3.8, 4) is 5.75 Å². The molecule has 1 saturated heterocycles. The summed E-state index contributed by atoms with van der Waals surface area (Å²) in [6, 6.07) is 20.8. The van der Waals surface area contributed by atoms with E-state index in [0.717, 1.165) is 11.0 Å². The molecule has 6 nitrogen and oxygen atoms in total. The minimum atomic E-state index is -0.830. The molecule has 1 aliphatic rings. The smallest absolute Gasteiger partial charge is 0.227 e. The van der Waals surface area contributed by atoms with Crippen LogP contribution in [0.25, 0.3) is 11.0 Å². The van der Waals surface area contributed by atoms with Gasteiger partial charge in [-0.25, -0.2) is 9.37 Å². The average Bonchev–Trinajstić information content (AvgIpc) is 3.39. The van der Waals surface area contributed by atoms with E-state index in [1.54, 1.807) is 29.2 Å². The number of aliphatic hydroxyl groups excluding tert-OH is 1. The standard InChI is InChI=1S/C26H23ClFN3O3/c27-21-8-1-4-11-24(21)34-16-20(32)15-31-23-10-3-2-9-22(23)29-26(31)17-12-25(33)30(14-17)19-7-5-6-18(28)13-19/h1-11,13,17,20,32H,12,14-16H2/t17-,20-/m0/s1. The molecule has 174 valence electrons. The summed E-state index contributed by atoms with van der Waals surface area (Å²) in [5.41, 5.74) is 2.18. The molecule has 3 aromatic carbocycles. The van der Waals surface area contributed by atoms with Crippen LogP contribution in [0.5, 0.6) is 5.75 Å². The number of rotatable bonds is 7. The van der Waals surface area contributed by atoms with Gasteiger partial charge >= 0.3 is 0 Å². The molecule has 1 fully saturated rings. The lowest BCUT2D eigenvalue weighted by Gasteiger charge is -2.19. The quantitative estimate of drug-likeness (QED) is 0.414. The SMILES string of the molecule is O=C1C[C@H](c2nc3ccccc3n2C[C@H](O)COc2ccccc2Cl)CN1c1cccc(F)c1. The van der Waals surface area contributed by atoms with Gasteiger partial charge in [-0.2, -0.15) is 0 Å². The van der Waals surface area contributed by atoms with Crippen LogP contribution in [-0.2, 0) is 11.3 Å². The van der Waals surface area contributed by atoms with E-state index in [4.69, 9.17) is 21.3 Å². The molecular formula is C26H23ClFN3O3. The topological polar surface area (TPSA) is 67.6 Å². The molecule has 0 unspecified atom stereocenters. The largest absolute Gasteiger partial charge is 0.489 e. The van der Waals surface area contributed by atoms with Crippen LogP contribution < -0.4 is 9.64 Å². The van der Waals surface area contributed by atoms with E-state index in [9.17, 15) is 14.3 Å². The fraction of sp³-hybridized carbons (Fsp3) is 0.231. The summed E-state index contributed by atoms with van der Waals surface area (Å²) in [5, 5.41) is 11.3. The zero-order chi connectivity index (χ0) is 23.7. The van der Waals surface area contributed by atoms with Crippen molar-refractivity contribution in [2.24, 2.45) is 0 Å². The Balaban J connectivity index is 1.39. The number of fused-ring (bicyclic) bond motifs is 1. The maximum absolute atomic E-state index is 13.7. The molecule has 2 atom stereocenters. The maximum Gasteiger partial charge on any atom is 0.227 e. The summed E-state index contributed by atoms with van der Waals surface area (Å²) in [4.78, 5) is 19.2. The molecule has 0 radical (unpaired) electrons. The number of anilines is 1. The maximum atomic E-state index is 13.7. The number of hydrogen-bond donors (Lipinski definition) is 1. The number of imidazole rings is 1. The number of amides is 1. The summed E-state index contributed by atoms with van der Waals surface area (Å²) in [6.45, 7) is 0.678. The van der Waals surface area contributed by atoms with E-state index in [1.807, 2.05) is 41.0 Å². The zero-order valence-corrected chi connectivity index (χ0v) is 19.0. The molecule has 1 N–H and O–H groups in total. The number of carbonyl (C=O) groups excluding carboxylic acids is 1. The molecule has 0 aliphatic carbocycles. The number of para-hydroxylation sites is 3. The highest BCUT2D eigenvalue weighted by atomic mass is 35.5. The fourth-order valence-corrected chi connectivity index (χ4v) is 4.57. The second kappa shape index (κ2) is 9.44. The molecule has 0 saturated carbocycles. The van der Waals surface area contributed by atoms with Crippen LogP contribution in [0.15, 0.2) is 72.8 Å². The Morgan fingerprint density at radius 2 is 1.91 bits per heavy atom. The van der Waals surface area contributed by atoms with Crippen LogP contribution in [-0.4, -0.2) is 39.8 Å². The Kier molecular flexibility index (Phi) is 6.22. The third kappa shape index (κ3) is 4.49. The molecule has 0 spiro atoms. The van der Waals surface area contributed by atoms with Crippen molar-refractivity contribution in [1.29, 1.82) is 0 Å². The number of ether oxygens (including phenoxy) is 1. The molecule has 2 heterocycles. The number of nitrogens with zero attached hydrogens (tertiary/aromatic N) is 3. The number of carbonyl (C=O) groups is 1. The van der Waals surface area contributed by atoms with E-state index in [1.165, 1.54) is 12.1 Å². The van der Waals surface area contributed by atoms with Crippen molar-refractivity contribution in [2.45, 2.75) is 25.0 Å². The number of halogens is 2. The first-order chi connectivity index (χ1) is 16.5. The average molecular weight is 480 g/mol. The Morgan fingerprint density at radius 3 is 2.74 bits per heavy atom. The second-order valence-corrected chi connectivity index (χ2v) is 8.76. The summed E-state index contributed by atoms with van der Waals surface area (Å²) in [5.74, 6) is 0.551. The molecule has 34 heavy (non-hydrogen) atoms. The Bertz CT molecular complexity index is 1340. The van der Waals surface area contributed by atoms with Crippen LogP contribution in [0.2, 0.25) is 5.02 Å². The van der Waals surface area contributed by atoms with E-state index >= 15 is 0 Å². The Hall–Kier alpha value is -3.42. The molecule has 5 rings (SSSR count). The Labute approximate surface area is 201 Å². The molecule has 1 amide bonds. The van der Waals surface area contributed by atoms with Gasteiger partial charge in [-0.1, -0.05) is 41.9 Å². The van der Waals surface area contributed by atoms with Crippen LogP contribution >= 0.6 is 11.6 Å². The zero-order valence-electron chi connectivity index (χ0n) is 18.3. The van der Waals surface area contributed by atoms with Gasteiger partial charge in [0, 0.05) is 24.6 Å². The lowest BCUT2D eigenvalue weighted by Crippen LogP contribution is -2.26. The molecule has 8 heteroatoms. The monoisotopic (exact) mass is 479 g/mol. The highest BCUT2D eigenvalue weighted by Gasteiger charge is 2.35. The van der Waals surface area contributed by atoms with Crippen molar-refractivity contribution in [3.63, 3.8) is 0 Å². The first-order valence-electron chi connectivity index (χ1n) is 11.1. The predicted octanol–water partition coefficient (Wildman–Crippen LogP) is 4.79. The number of benzene rings is 3. The minimum Gasteiger partial charge on any atom is -0.489 e. The number of aromatic nitrogens is 2. The van der Waals surface area contributed by atoms with Crippen molar-refractivity contribution in [2.75, 3.05) is 18.1 Å². The Morgan fingerprint density at radius 1 is 1.12 bits per heavy atom. The highest BCUT2D eigenvalue weighted by molar-refractivity contribution is 6.32. The lowest BCUT2D eigenvalue weighted by molar-refractivity contribution is -0.117. The lowest BCUT2D eigenvalue weighted by atomic mass is 10.1. The number of hydrogen-bond acceptors (Lipinski definition) is 4. The van der Waals surface area contributed by atoms with Crippen molar-refractivity contribution in [3.05, 3.63) is 89.5 Å². The van der Waals surface area contributed by atoms with Crippen molar-refractivity contribution in [1.82, 2.24) is 9.55 Å². The van der Waals surface area contributed by atoms with E-state index in [-0.39, 0.29) is 37.2 Å². The van der Waals surface area contributed by atoms with Crippen LogP contribution in [0.1, 0.15) is 18.2 Å². The summed E-state index contributed by atoms with van der Waals surface area (Å²) in [6.07, 6.45) is -0.574. The molecule has 1 aliphatic heterocycles. The van der Waals surface area contributed by atoms with Gasteiger partial charge in [0.25, 0.3) is 0 Å². The van der Waals surface area contributed by atoms with Crippen LogP contribution in [0.4, 0.5) is 10.1 Å². The van der Waals surface area contributed by atoms with E-state index in [0.29, 0.717) is 28.8 Å². The van der Waals surface area contributed by atoms with Crippen LogP contribution in [0.3, 0.4) is 0 Å². The number of aliphatic hydroxyl groups is 1. The minimum absolute atomic E-state index is 0.0503. The van der Waals surface area contributed by atoms with Gasteiger partial charge in [-0.05, 0) is 42.5 Å². The normalized spacial score (nSPS) is 16.9. The third-order valence-corrected chi connectivity index (χ3v) is 6.27. The van der Waals surface area contributed by atoms with Gasteiger partial charge in [0.05, 0.1) is 22.6 Å². The van der Waals surface area contributed by atoms with Crippen molar-refractivity contribution >= 4 is 34.2 Å². The van der Waals surface area contributed by atoms with Crippen molar-refractivity contribution < 1.29 is 19.0 Å². The van der Waals surface area contributed by atoms with Gasteiger partial charge < -0.3 is 19.3 Å². The fourth-order valence-electron chi connectivity index (χ4n) is 4.38. The highest BCUT2D eigenvalue weighted by Crippen LogP contribution is 2.33. The van der Waals surface area contributed by atoms with Crippen LogP contribution in [0, 0.1) is 5.82 Å². The van der Waals surface area contributed by atoms with Gasteiger partial charge in [0.1, 0.15) is 30.1 Å².